The smallest absolute Gasteiger partial charge is 0.207 e. The van der Waals surface area contributed by atoms with Crippen molar-refractivity contribution in [3.63, 3.8) is 0 Å². The van der Waals surface area contributed by atoms with Crippen molar-refractivity contribution in [3.8, 4) is 0 Å². The van der Waals surface area contributed by atoms with Gasteiger partial charge in [0.2, 0.25) is 10.0 Å². The Kier molecular flexibility index (Phi) is 4.59. The first-order valence-corrected chi connectivity index (χ1v) is 9.04. The van der Waals surface area contributed by atoms with Gasteiger partial charge < -0.3 is 0 Å². The normalized spacial score (nSPS) is 15.4. The number of rotatable bonds is 6. The van der Waals surface area contributed by atoms with Crippen LogP contribution >= 0.6 is 0 Å². The summed E-state index contributed by atoms with van der Waals surface area (Å²) in [6.45, 7) is 0.270. The maximum absolute atomic E-state index is 13.0. The molecule has 0 unspecified atom stereocenters. The topological polar surface area (TPSA) is 37.4 Å². The molecule has 23 heavy (non-hydrogen) atoms. The summed E-state index contributed by atoms with van der Waals surface area (Å²) < 4.78 is 39.7. The fourth-order valence-corrected chi connectivity index (χ4v) is 3.81. The minimum atomic E-state index is -3.51. The van der Waals surface area contributed by atoms with Crippen LogP contribution in [0.1, 0.15) is 24.0 Å². The Morgan fingerprint density at radius 1 is 1.04 bits per heavy atom. The largest absolute Gasteiger partial charge is 0.236 e. The number of nitrogens with zero attached hydrogens (tertiary/aromatic N) is 1. The minimum Gasteiger partial charge on any atom is -0.207 e. The van der Waals surface area contributed by atoms with E-state index in [0.717, 1.165) is 24.0 Å². The van der Waals surface area contributed by atoms with Crippen LogP contribution in [0.25, 0.3) is 6.08 Å². The lowest BCUT2D eigenvalue weighted by Crippen LogP contribution is -2.31. The SMILES string of the molecule is O=S(=O)(/C=C/c1ccccc1)N(Cc1ccc(F)cc1)C1CC1. The summed E-state index contributed by atoms with van der Waals surface area (Å²) in [7, 11) is -3.51. The first-order chi connectivity index (χ1) is 11.0. The molecule has 0 saturated heterocycles. The zero-order valence-electron chi connectivity index (χ0n) is 12.6. The molecule has 0 heterocycles. The fraction of sp³-hybridized carbons (Fsp3) is 0.222. The third-order valence-electron chi connectivity index (χ3n) is 3.76. The number of halogens is 1. The second-order valence-corrected chi connectivity index (χ2v) is 7.43. The summed E-state index contributed by atoms with van der Waals surface area (Å²) in [5.41, 5.74) is 1.63. The highest BCUT2D eigenvalue weighted by atomic mass is 32.2. The van der Waals surface area contributed by atoms with E-state index in [-0.39, 0.29) is 18.4 Å². The predicted octanol–water partition coefficient (Wildman–Crippen LogP) is 3.79. The maximum Gasteiger partial charge on any atom is 0.236 e. The standard InChI is InChI=1S/C18H18FNO2S/c19-17-8-6-16(7-9-17)14-20(18-10-11-18)23(21,22)13-12-15-4-2-1-3-5-15/h1-9,12-13,18H,10-11,14H2/b13-12+. The molecule has 0 aliphatic heterocycles. The third kappa shape index (κ3) is 4.27. The zero-order valence-corrected chi connectivity index (χ0v) is 13.4. The first-order valence-electron chi connectivity index (χ1n) is 7.54. The number of hydrogen-bond acceptors (Lipinski definition) is 2. The molecule has 120 valence electrons. The summed E-state index contributed by atoms with van der Waals surface area (Å²) in [4.78, 5) is 0. The quantitative estimate of drug-likeness (QED) is 0.807. The molecule has 0 atom stereocenters. The van der Waals surface area contributed by atoms with Crippen LogP contribution in [0.4, 0.5) is 4.39 Å². The van der Waals surface area contributed by atoms with Crippen molar-refractivity contribution in [2.45, 2.75) is 25.4 Å². The van der Waals surface area contributed by atoms with Crippen LogP contribution in [-0.4, -0.2) is 18.8 Å². The van der Waals surface area contributed by atoms with Crippen molar-refractivity contribution in [2.24, 2.45) is 0 Å². The Balaban J connectivity index is 1.79. The highest BCUT2D eigenvalue weighted by molar-refractivity contribution is 7.92. The van der Waals surface area contributed by atoms with Gasteiger partial charge in [0.15, 0.2) is 0 Å². The molecule has 0 spiro atoms. The highest BCUT2D eigenvalue weighted by Gasteiger charge is 2.35. The molecule has 1 fully saturated rings. The van der Waals surface area contributed by atoms with Gasteiger partial charge in [-0.3, -0.25) is 0 Å². The molecule has 1 saturated carbocycles. The van der Waals surface area contributed by atoms with Gasteiger partial charge in [-0.1, -0.05) is 42.5 Å². The van der Waals surface area contributed by atoms with Gasteiger partial charge in [-0.2, -0.15) is 4.31 Å². The van der Waals surface area contributed by atoms with E-state index in [1.165, 1.54) is 21.8 Å². The molecule has 0 N–H and O–H groups in total. The fourth-order valence-electron chi connectivity index (χ4n) is 2.37. The van der Waals surface area contributed by atoms with Gasteiger partial charge in [0.1, 0.15) is 5.82 Å². The lowest BCUT2D eigenvalue weighted by molar-refractivity contribution is 0.405. The molecular formula is C18H18FNO2S. The molecule has 2 aromatic rings. The van der Waals surface area contributed by atoms with Gasteiger partial charge in [0.25, 0.3) is 0 Å². The third-order valence-corrected chi connectivity index (χ3v) is 5.33. The molecule has 0 aromatic heterocycles. The van der Waals surface area contributed by atoms with Crippen LogP contribution in [0.2, 0.25) is 0 Å². The molecule has 3 nitrogen and oxygen atoms in total. The summed E-state index contributed by atoms with van der Waals surface area (Å²) in [6.07, 6.45) is 3.36. The number of hydrogen-bond donors (Lipinski definition) is 0. The highest BCUT2D eigenvalue weighted by Crippen LogP contribution is 2.31. The Labute approximate surface area is 136 Å². The lowest BCUT2D eigenvalue weighted by atomic mass is 10.2. The van der Waals surface area contributed by atoms with Gasteiger partial charge in [-0.25, -0.2) is 12.8 Å². The van der Waals surface area contributed by atoms with Gasteiger partial charge in [0, 0.05) is 18.0 Å². The summed E-state index contributed by atoms with van der Waals surface area (Å²) in [6, 6.07) is 15.3. The van der Waals surface area contributed by atoms with E-state index in [9.17, 15) is 12.8 Å². The maximum atomic E-state index is 13.0. The van der Waals surface area contributed by atoms with E-state index >= 15 is 0 Å². The molecule has 0 amide bonds. The molecule has 5 heteroatoms. The van der Waals surface area contributed by atoms with E-state index < -0.39 is 10.0 Å². The second kappa shape index (κ2) is 6.64. The summed E-state index contributed by atoms with van der Waals surface area (Å²) in [5.74, 6) is -0.321. The molecule has 0 bridgehead atoms. The number of benzene rings is 2. The van der Waals surface area contributed by atoms with E-state index in [0.29, 0.717) is 0 Å². The van der Waals surface area contributed by atoms with Crippen molar-refractivity contribution >= 4 is 16.1 Å². The van der Waals surface area contributed by atoms with Crippen LogP contribution in [0.3, 0.4) is 0 Å². The van der Waals surface area contributed by atoms with Crippen molar-refractivity contribution in [2.75, 3.05) is 0 Å². The predicted molar refractivity (Wildman–Crippen MR) is 89.4 cm³/mol. The van der Waals surface area contributed by atoms with Gasteiger partial charge >= 0.3 is 0 Å². The van der Waals surface area contributed by atoms with E-state index in [4.69, 9.17) is 0 Å². The van der Waals surface area contributed by atoms with Crippen molar-refractivity contribution < 1.29 is 12.8 Å². The Bertz CT molecular complexity index is 782. The molecule has 2 aromatic carbocycles. The molecular weight excluding hydrogens is 313 g/mol. The van der Waals surface area contributed by atoms with E-state index in [1.807, 2.05) is 30.3 Å². The first kappa shape index (κ1) is 15.9. The lowest BCUT2D eigenvalue weighted by Gasteiger charge is -2.20. The van der Waals surface area contributed by atoms with Crippen LogP contribution in [0.15, 0.2) is 60.0 Å². The molecule has 1 aliphatic rings. The molecule has 0 radical (unpaired) electrons. The van der Waals surface area contributed by atoms with E-state index in [1.54, 1.807) is 18.2 Å². The van der Waals surface area contributed by atoms with Gasteiger partial charge in [-0.15, -0.1) is 0 Å². The average Bonchev–Trinajstić information content (AvgIpc) is 3.38. The molecule has 3 rings (SSSR count). The summed E-state index contributed by atoms with van der Waals surface area (Å²) >= 11 is 0. The Morgan fingerprint density at radius 3 is 2.30 bits per heavy atom. The van der Waals surface area contributed by atoms with Crippen molar-refractivity contribution in [3.05, 3.63) is 76.9 Å². The monoisotopic (exact) mass is 331 g/mol. The van der Waals surface area contributed by atoms with E-state index in [2.05, 4.69) is 0 Å². The van der Waals surface area contributed by atoms with Crippen LogP contribution in [-0.2, 0) is 16.6 Å². The second-order valence-electron chi connectivity index (χ2n) is 5.66. The zero-order chi connectivity index (χ0) is 16.3. The summed E-state index contributed by atoms with van der Waals surface area (Å²) in [5, 5.41) is 1.25. The van der Waals surface area contributed by atoms with Crippen LogP contribution in [0.5, 0.6) is 0 Å². The van der Waals surface area contributed by atoms with Gasteiger partial charge in [-0.05, 0) is 42.2 Å². The number of sulfonamides is 1. The van der Waals surface area contributed by atoms with Crippen molar-refractivity contribution in [1.82, 2.24) is 4.31 Å². The Hall–Kier alpha value is -1.98. The molecule has 1 aliphatic carbocycles. The van der Waals surface area contributed by atoms with Crippen LogP contribution in [0, 0.1) is 5.82 Å². The van der Waals surface area contributed by atoms with Gasteiger partial charge in [0.05, 0.1) is 0 Å². The minimum absolute atomic E-state index is 0.0467. The average molecular weight is 331 g/mol. The van der Waals surface area contributed by atoms with Crippen LogP contribution < -0.4 is 0 Å². The van der Waals surface area contributed by atoms with Crippen molar-refractivity contribution in [1.29, 1.82) is 0 Å². The Morgan fingerprint density at radius 2 is 1.70 bits per heavy atom.